The molecule has 0 amide bonds. The molecule has 0 atom stereocenters. The fourth-order valence-corrected chi connectivity index (χ4v) is 2.18. The van der Waals surface area contributed by atoms with Crippen molar-refractivity contribution in [3.05, 3.63) is 46.5 Å². The summed E-state index contributed by atoms with van der Waals surface area (Å²) in [6, 6.07) is 6.50. The van der Waals surface area contributed by atoms with Crippen LogP contribution in [0.25, 0.3) is 0 Å². The van der Waals surface area contributed by atoms with Crippen molar-refractivity contribution < 1.29 is 0 Å². The lowest BCUT2D eigenvalue weighted by Crippen LogP contribution is -2.10. The second-order valence-corrected chi connectivity index (χ2v) is 4.59. The van der Waals surface area contributed by atoms with E-state index in [1.807, 2.05) is 0 Å². The highest BCUT2D eigenvalue weighted by Crippen LogP contribution is 2.15. The van der Waals surface area contributed by atoms with Crippen LogP contribution >= 0.6 is 0 Å². The molecular formula is C14H20N4. The Morgan fingerprint density at radius 3 is 2.56 bits per heavy atom. The Morgan fingerprint density at radius 2 is 1.89 bits per heavy atom. The smallest absolute Gasteiger partial charge is 0.146 e. The fraction of sp³-hybridized carbons (Fsp3) is 0.429. The van der Waals surface area contributed by atoms with Gasteiger partial charge in [0.25, 0.3) is 0 Å². The lowest BCUT2D eigenvalue weighted by Gasteiger charge is -2.09. The van der Waals surface area contributed by atoms with E-state index in [1.165, 1.54) is 16.7 Å². The third-order valence-electron chi connectivity index (χ3n) is 3.26. The predicted octanol–water partition coefficient (Wildman–Crippen LogP) is 1.96. The lowest BCUT2D eigenvalue weighted by molar-refractivity contribution is 0.668. The molecule has 0 saturated carbocycles. The summed E-state index contributed by atoms with van der Waals surface area (Å²) in [5.74, 6) is 1.85. The van der Waals surface area contributed by atoms with Crippen LogP contribution in [-0.2, 0) is 19.5 Å². The molecule has 96 valence electrons. The highest BCUT2D eigenvalue weighted by atomic mass is 15.3. The van der Waals surface area contributed by atoms with E-state index in [0.29, 0.717) is 6.54 Å². The Labute approximate surface area is 108 Å². The van der Waals surface area contributed by atoms with Crippen molar-refractivity contribution in [2.75, 3.05) is 0 Å². The molecule has 2 N–H and O–H groups in total. The van der Waals surface area contributed by atoms with Crippen molar-refractivity contribution in [3.8, 4) is 0 Å². The zero-order valence-electron chi connectivity index (χ0n) is 11.3. The number of aryl methyl sites for hydroxylation is 2. The second-order valence-electron chi connectivity index (χ2n) is 4.59. The molecule has 2 aromatic rings. The van der Waals surface area contributed by atoms with Gasteiger partial charge in [0, 0.05) is 13.0 Å². The number of nitrogens with zero attached hydrogens (tertiary/aromatic N) is 3. The summed E-state index contributed by atoms with van der Waals surface area (Å²) in [7, 11) is 0. The van der Waals surface area contributed by atoms with Crippen LogP contribution < -0.4 is 5.73 Å². The average molecular weight is 244 g/mol. The van der Waals surface area contributed by atoms with E-state index in [0.717, 1.165) is 24.6 Å². The molecule has 0 saturated heterocycles. The first kappa shape index (κ1) is 12.8. The van der Waals surface area contributed by atoms with Crippen LogP contribution in [0.3, 0.4) is 0 Å². The number of aromatic nitrogens is 3. The predicted molar refractivity (Wildman–Crippen MR) is 72.3 cm³/mol. The van der Waals surface area contributed by atoms with Gasteiger partial charge in [0.05, 0.1) is 6.54 Å². The maximum absolute atomic E-state index is 5.66. The lowest BCUT2D eigenvalue weighted by atomic mass is 10.0. The van der Waals surface area contributed by atoms with Crippen LogP contribution in [0.4, 0.5) is 0 Å². The minimum absolute atomic E-state index is 0.438. The molecule has 0 radical (unpaired) electrons. The molecule has 1 aromatic heterocycles. The standard InChI is InChI=1S/C14H20N4/c1-4-18-13(16-17-14(18)9-15)8-12-7-10(2)5-6-11(12)3/h5-7H,4,8-9,15H2,1-3H3. The van der Waals surface area contributed by atoms with E-state index in [9.17, 15) is 0 Å². The van der Waals surface area contributed by atoms with Gasteiger partial charge in [-0.25, -0.2) is 0 Å². The first-order valence-electron chi connectivity index (χ1n) is 6.32. The van der Waals surface area contributed by atoms with Crippen LogP contribution in [0.5, 0.6) is 0 Å². The quantitative estimate of drug-likeness (QED) is 0.894. The summed E-state index contributed by atoms with van der Waals surface area (Å²) in [5, 5.41) is 8.40. The van der Waals surface area contributed by atoms with Crippen molar-refractivity contribution in [2.24, 2.45) is 5.73 Å². The molecule has 0 fully saturated rings. The van der Waals surface area contributed by atoms with Crippen LogP contribution in [0.15, 0.2) is 18.2 Å². The molecule has 18 heavy (non-hydrogen) atoms. The number of nitrogens with two attached hydrogens (primary N) is 1. The molecule has 0 bridgehead atoms. The maximum Gasteiger partial charge on any atom is 0.146 e. The number of rotatable bonds is 4. The van der Waals surface area contributed by atoms with Crippen molar-refractivity contribution in [1.29, 1.82) is 0 Å². The normalized spacial score (nSPS) is 10.9. The number of hydrogen-bond donors (Lipinski definition) is 1. The first-order chi connectivity index (χ1) is 8.65. The zero-order valence-corrected chi connectivity index (χ0v) is 11.3. The molecule has 0 aliphatic carbocycles. The Balaban J connectivity index is 2.33. The maximum atomic E-state index is 5.66. The van der Waals surface area contributed by atoms with Gasteiger partial charge in [0.15, 0.2) is 0 Å². The van der Waals surface area contributed by atoms with Gasteiger partial charge in [-0.1, -0.05) is 23.8 Å². The molecule has 1 heterocycles. The Bertz CT molecular complexity index is 543. The largest absolute Gasteiger partial charge is 0.324 e. The fourth-order valence-electron chi connectivity index (χ4n) is 2.18. The molecule has 0 aliphatic heterocycles. The Morgan fingerprint density at radius 1 is 1.17 bits per heavy atom. The van der Waals surface area contributed by atoms with Crippen LogP contribution in [0, 0.1) is 13.8 Å². The topological polar surface area (TPSA) is 56.7 Å². The molecular weight excluding hydrogens is 224 g/mol. The molecule has 1 aromatic carbocycles. The van der Waals surface area contributed by atoms with Crippen molar-refractivity contribution >= 4 is 0 Å². The second kappa shape index (κ2) is 5.31. The minimum atomic E-state index is 0.438. The first-order valence-corrected chi connectivity index (χ1v) is 6.32. The molecule has 0 unspecified atom stereocenters. The van der Waals surface area contributed by atoms with E-state index in [-0.39, 0.29) is 0 Å². The number of hydrogen-bond acceptors (Lipinski definition) is 3. The highest BCUT2D eigenvalue weighted by Gasteiger charge is 2.11. The van der Waals surface area contributed by atoms with Gasteiger partial charge >= 0.3 is 0 Å². The van der Waals surface area contributed by atoms with Crippen molar-refractivity contribution in [3.63, 3.8) is 0 Å². The van der Waals surface area contributed by atoms with Gasteiger partial charge in [-0.05, 0) is 31.9 Å². The van der Waals surface area contributed by atoms with E-state index >= 15 is 0 Å². The van der Waals surface area contributed by atoms with Crippen LogP contribution in [0.2, 0.25) is 0 Å². The highest BCUT2D eigenvalue weighted by molar-refractivity contribution is 5.32. The van der Waals surface area contributed by atoms with Crippen LogP contribution in [0.1, 0.15) is 35.3 Å². The zero-order chi connectivity index (χ0) is 13.1. The molecule has 2 rings (SSSR count). The van der Waals surface area contributed by atoms with E-state index in [4.69, 9.17) is 5.73 Å². The summed E-state index contributed by atoms with van der Waals surface area (Å²) in [6.07, 6.45) is 0.814. The summed E-state index contributed by atoms with van der Waals surface area (Å²) in [4.78, 5) is 0. The average Bonchev–Trinajstić information content (AvgIpc) is 2.75. The van der Waals surface area contributed by atoms with Gasteiger partial charge in [-0.3, -0.25) is 0 Å². The monoisotopic (exact) mass is 244 g/mol. The van der Waals surface area contributed by atoms with Gasteiger partial charge in [-0.15, -0.1) is 10.2 Å². The third-order valence-corrected chi connectivity index (χ3v) is 3.26. The van der Waals surface area contributed by atoms with Gasteiger partial charge in [0.2, 0.25) is 0 Å². The number of benzene rings is 1. The van der Waals surface area contributed by atoms with Gasteiger partial charge in [-0.2, -0.15) is 0 Å². The van der Waals surface area contributed by atoms with Gasteiger partial charge < -0.3 is 10.3 Å². The summed E-state index contributed by atoms with van der Waals surface area (Å²) >= 11 is 0. The minimum Gasteiger partial charge on any atom is -0.324 e. The third kappa shape index (κ3) is 2.43. The SMILES string of the molecule is CCn1c(CN)nnc1Cc1cc(C)ccc1C. The Hall–Kier alpha value is -1.68. The van der Waals surface area contributed by atoms with E-state index in [2.05, 4.69) is 53.7 Å². The van der Waals surface area contributed by atoms with Gasteiger partial charge in [0.1, 0.15) is 11.6 Å². The molecule has 4 heteroatoms. The molecule has 0 aliphatic rings. The van der Waals surface area contributed by atoms with E-state index < -0.39 is 0 Å². The van der Waals surface area contributed by atoms with E-state index in [1.54, 1.807) is 0 Å². The summed E-state index contributed by atoms with van der Waals surface area (Å²) < 4.78 is 2.10. The van der Waals surface area contributed by atoms with Crippen molar-refractivity contribution in [1.82, 2.24) is 14.8 Å². The summed E-state index contributed by atoms with van der Waals surface area (Å²) in [5.41, 5.74) is 9.54. The Kier molecular flexibility index (Phi) is 3.77. The van der Waals surface area contributed by atoms with Crippen LogP contribution in [-0.4, -0.2) is 14.8 Å². The molecule has 0 spiro atoms. The molecule has 4 nitrogen and oxygen atoms in total. The van der Waals surface area contributed by atoms with Crippen molar-refractivity contribution in [2.45, 2.75) is 40.3 Å². The summed E-state index contributed by atoms with van der Waals surface area (Å²) in [6.45, 7) is 7.63.